The zero-order valence-electron chi connectivity index (χ0n) is 18.0. The third kappa shape index (κ3) is 4.06. The lowest BCUT2D eigenvalue weighted by molar-refractivity contribution is -0.159. The maximum absolute atomic E-state index is 13.5. The molecule has 168 valence electrons. The molecule has 0 spiro atoms. The largest absolute Gasteiger partial charge is 0.451 e. The van der Waals surface area contributed by atoms with Crippen LogP contribution < -0.4 is 0 Å². The topological polar surface area (TPSA) is 76.6 Å². The highest BCUT2D eigenvalue weighted by Gasteiger charge is 2.52. The van der Waals surface area contributed by atoms with Gasteiger partial charge in [-0.05, 0) is 34.7 Å². The maximum atomic E-state index is 13.5. The van der Waals surface area contributed by atoms with Crippen LogP contribution in [0.25, 0.3) is 6.08 Å². The Bertz CT molecular complexity index is 1240. The van der Waals surface area contributed by atoms with Crippen LogP contribution in [0.5, 0.6) is 0 Å². The lowest BCUT2D eigenvalue weighted by Crippen LogP contribution is -2.62. The first kappa shape index (κ1) is 21.9. The molecule has 2 atom stereocenters. The lowest BCUT2D eigenvalue weighted by Gasteiger charge is -2.47. The Morgan fingerprint density at radius 3 is 2.21 bits per heavy atom. The molecule has 5 rings (SSSR count). The Kier molecular flexibility index (Phi) is 6.10. The number of aromatic nitrogens is 1. The van der Waals surface area contributed by atoms with Crippen LogP contribution in [-0.4, -0.2) is 39.5 Å². The SMILES string of the molecule is O=CC1=CS[C@@H]2/C(=C\c3ccccn3)C(=O)N2[C@H]1C(=O)OC(c1ccccc1)c1ccccc1. The fraction of sp³-hybridized carbons (Fsp3) is 0.111. The molecule has 6 nitrogen and oxygen atoms in total. The Morgan fingerprint density at radius 2 is 1.62 bits per heavy atom. The van der Waals surface area contributed by atoms with E-state index in [9.17, 15) is 14.4 Å². The second-order valence-electron chi connectivity index (χ2n) is 7.83. The molecule has 0 aliphatic carbocycles. The zero-order valence-corrected chi connectivity index (χ0v) is 18.8. The third-order valence-electron chi connectivity index (χ3n) is 5.72. The van der Waals surface area contributed by atoms with E-state index in [1.165, 1.54) is 16.7 Å². The highest BCUT2D eigenvalue weighted by atomic mass is 32.2. The molecule has 0 radical (unpaired) electrons. The Labute approximate surface area is 201 Å². The normalized spacial score (nSPS) is 20.4. The summed E-state index contributed by atoms with van der Waals surface area (Å²) in [6.07, 6.45) is 3.31. The zero-order chi connectivity index (χ0) is 23.5. The van der Waals surface area contributed by atoms with Gasteiger partial charge in [-0.3, -0.25) is 14.6 Å². The first-order valence-corrected chi connectivity index (χ1v) is 11.7. The van der Waals surface area contributed by atoms with Crippen LogP contribution in [0.2, 0.25) is 0 Å². The van der Waals surface area contributed by atoms with E-state index < -0.39 is 18.1 Å². The summed E-state index contributed by atoms with van der Waals surface area (Å²) in [7, 11) is 0. The summed E-state index contributed by atoms with van der Waals surface area (Å²) in [5.74, 6) is -0.958. The molecule has 34 heavy (non-hydrogen) atoms. The summed E-state index contributed by atoms with van der Waals surface area (Å²) < 4.78 is 5.98. The van der Waals surface area contributed by atoms with E-state index in [1.807, 2.05) is 66.7 Å². The Morgan fingerprint density at radius 1 is 0.971 bits per heavy atom. The molecule has 3 aromatic rings. The van der Waals surface area contributed by atoms with Crippen LogP contribution in [0.4, 0.5) is 0 Å². The van der Waals surface area contributed by atoms with Gasteiger partial charge in [-0.15, -0.1) is 11.8 Å². The molecule has 1 fully saturated rings. The molecule has 1 amide bonds. The van der Waals surface area contributed by atoms with Crippen LogP contribution in [0.3, 0.4) is 0 Å². The van der Waals surface area contributed by atoms with Gasteiger partial charge >= 0.3 is 5.97 Å². The molecule has 0 saturated carbocycles. The van der Waals surface area contributed by atoms with Crippen LogP contribution in [0.15, 0.2) is 102 Å². The van der Waals surface area contributed by atoms with E-state index in [1.54, 1.807) is 29.8 Å². The van der Waals surface area contributed by atoms with Crippen LogP contribution >= 0.6 is 11.8 Å². The molecular formula is C27H20N2O4S. The van der Waals surface area contributed by atoms with Gasteiger partial charge in [0.1, 0.15) is 11.7 Å². The summed E-state index contributed by atoms with van der Waals surface area (Å²) in [5, 5.41) is 1.25. The molecule has 1 aromatic heterocycles. The molecule has 2 aliphatic rings. The number of ether oxygens (including phenoxy) is 1. The van der Waals surface area contributed by atoms with Gasteiger partial charge in [0.15, 0.2) is 12.1 Å². The molecule has 2 aliphatic heterocycles. The number of carbonyl (C=O) groups is 3. The first-order valence-electron chi connectivity index (χ1n) is 10.7. The van der Waals surface area contributed by atoms with Crippen LogP contribution in [0.1, 0.15) is 22.9 Å². The van der Waals surface area contributed by atoms with Crippen molar-refractivity contribution in [3.05, 3.63) is 118 Å². The number of pyridine rings is 1. The van der Waals surface area contributed by atoms with Gasteiger partial charge in [0, 0.05) is 11.8 Å². The fourth-order valence-corrected chi connectivity index (χ4v) is 5.20. The number of fused-ring (bicyclic) bond motifs is 1. The molecule has 0 N–H and O–H groups in total. The van der Waals surface area contributed by atoms with Crippen molar-refractivity contribution < 1.29 is 19.1 Å². The van der Waals surface area contributed by atoms with E-state index in [0.717, 1.165) is 11.1 Å². The number of rotatable bonds is 6. The summed E-state index contributed by atoms with van der Waals surface area (Å²) in [4.78, 5) is 44.0. The van der Waals surface area contributed by atoms with E-state index in [0.29, 0.717) is 17.6 Å². The first-order chi connectivity index (χ1) is 16.7. The number of hydrogen-bond acceptors (Lipinski definition) is 6. The van der Waals surface area contributed by atoms with Gasteiger partial charge < -0.3 is 9.64 Å². The van der Waals surface area contributed by atoms with Crippen molar-refractivity contribution >= 4 is 36.0 Å². The number of aldehydes is 1. The summed E-state index contributed by atoms with van der Waals surface area (Å²) in [5.41, 5.74) is 2.99. The number of thioether (sulfide) groups is 1. The van der Waals surface area contributed by atoms with Gasteiger partial charge in [-0.2, -0.15) is 0 Å². The van der Waals surface area contributed by atoms with Gasteiger partial charge in [-0.1, -0.05) is 66.7 Å². The second-order valence-corrected chi connectivity index (χ2v) is 8.79. The number of β-lactam (4-membered cyclic amide) rings is 1. The summed E-state index contributed by atoms with van der Waals surface area (Å²) >= 11 is 1.32. The maximum Gasteiger partial charge on any atom is 0.334 e. The molecular weight excluding hydrogens is 448 g/mol. The Balaban J connectivity index is 1.45. The number of esters is 1. The highest BCUT2D eigenvalue weighted by Crippen LogP contribution is 2.44. The van der Waals surface area contributed by atoms with Crippen LogP contribution in [-0.2, 0) is 19.1 Å². The molecule has 7 heteroatoms. The summed E-state index contributed by atoms with van der Waals surface area (Å²) in [6.45, 7) is 0. The van der Waals surface area contributed by atoms with Gasteiger partial charge in [0.25, 0.3) is 5.91 Å². The predicted octanol–water partition coefficient (Wildman–Crippen LogP) is 4.16. The van der Waals surface area contributed by atoms with Crippen molar-refractivity contribution in [1.29, 1.82) is 0 Å². The van der Waals surface area contributed by atoms with Gasteiger partial charge in [0.2, 0.25) is 0 Å². The fourth-order valence-electron chi connectivity index (χ4n) is 4.06. The molecule has 3 heterocycles. The van der Waals surface area contributed by atoms with E-state index in [4.69, 9.17) is 4.74 Å². The molecule has 0 bridgehead atoms. The standard InChI is InChI=1S/C27H20N2O4S/c30-16-20-17-34-26-22(15-21-13-7-8-14-28-21)25(31)29(26)23(20)27(32)33-24(18-9-3-1-4-10-18)19-11-5-2-6-12-19/h1-17,23-24,26H/b22-15-/t23-,26-/m1/s1. The van der Waals surface area contributed by atoms with E-state index in [-0.39, 0.29) is 16.9 Å². The van der Waals surface area contributed by atoms with Gasteiger partial charge in [0.05, 0.1) is 11.3 Å². The van der Waals surface area contributed by atoms with Crippen molar-refractivity contribution in [2.24, 2.45) is 0 Å². The van der Waals surface area contributed by atoms with Gasteiger partial charge in [-0.25, -0.2) is 4.79 Å². The predicted molar refractivity (Wildman–Crippen MR) is 129 cm³/mol. The minimum absolute atomic E-state index is 0.205. The van der Waals surface area contributed by atoms with Crippen molar-refractivity contribution in [2.45, 2.75) is 17.5 Å². The Hall–Kier alpha value is -3.97. The monoisotopic (exact) mass is 468 g/mol. The average molecular weight is 469 g/mol. The quantitative estimate of drug-likeness (QED) is 0.234. The number of amides is 1. The van der Waals surface area contributed by atoms with E-state index >= 15 is 0 Å². The van der Waals surface area contributed by atoms with Crippen molar-refractivity contribution in [1.82, 2.24) is 9.88 Å². The minimum Gasteiger partial charge on any atom is -0.451 e. The van der Waals surface area contributed by atoms with Crippen molar-refractivity contribution in [3.8, 4) is 0 Å². The average Bonchev–Trinajstić information content (AvgIpc) is 2.90. The second kappa shape index (κ2) is 9.49. The van der Waals surface area contributed by atoms with E-state index in [2.05, 4.69) is 4.98 Å². The number of nitrogens with zero attached hydrogens (tertiary/aromatic N) is 2. The summed E-state index contributed by atoms with van der Waals surface area (Å²) in [6, 6.07) is 23.1. The lowest BCUT2D eigenvalue weighted by atomic mass is 9.96. The third-order valence-corrected chi connectivity index (χ3v) is 6.86. The number of hydrogen-bond donors (Lipinski definition) is 0. The smallest absolute Gasteiger partial charge is 0.334 e. The highest BCUT2D eigenvalue weighted by molar-refractivity contribution is 8.03. The van der Waals surface area contributed by atoms with Crippen LogP contribution in [0, 0.1) is 0 Å². The van der Waals surface area contributed by atoms with Crippen molar-refractivity contribution in [2.75, 3.05) is 0 Å². The minimum atomic E-state index is -1.10. The molecule has 2 aromatic carbocycles. The number of benzene rings is 2. The number of carbonyl (C=O) groups excluding carboxylic acids is 3. The molecule has 1 saturated heterocycles. The molecule has 0 unspecified atom stereocenters. The van der Waals surface area contributed by atoms with Crippen molar-refractivity contribution in [3.63, 3.8) is 0 Å².